The molecule has 12 heteroatoms. The van der Waals surface area contributed by atoms with E-state index in [0.717, 1.165) is 11.8 Å². The molecule has 4 aromatic rings. The van der Waals surface area contributed by atoms with Crippen molar-refractivity contribution < 1.29 is 21.6 Å². The summed E-state index contributed by atoms with van der Waals surface area (Å²) < 4.78 is 49.3. The first-order valence-electron chi connectivity index (χ1n) is 10.6. The van der Waals surface area contributed by atoms with E-state index in [4.69, 9.17) is 11.6 Å². The van der Waals surface area contributed by atoms with Crippen molar-refractivity contribution in [2.24, 2.45) is 0 Å². The standard InChI is InChI=1S/C24H21ClN4O5S2/c1-35(31,32)13-12-27-36(33,34)18-9-6-16(7-10-18)24(30)28-17-8-11-20(25)19(14-17)23-15-26-21-4-2-3-5-22(21)29-23/h2-11,14-15,27H,12-13H2,1H3,(H,28,30). The maximum atomic E-state index is 12.8. The number of carbonyl (C=O) groups excluding carboxylic acids is 1. The molecule has 0 aliphatic heterocycles. The molecule has 9 nitrogen and oxygen atoms in total. The maximum absolute atomic E-state index is 12.8. The smallest absolute Gasteiger partial charge is 0.255 e. The van der Waals surface area contributed by atoms with Gasteiger partial charge in [-0.2, -0.15) is 0 Å². The molecular weight excluding hydrogens is 524 g/mol. The van der Waals surface area contributed by atoms with Crippen LogP contribution in [0.1, 0.15) is 10.4 Å². The first-order chi connectivity index (χ1) is 17.0. The van der Waals surface area contributed by atoms with E-state index in [2.05, 4.69) is 20.0 Å². The van der Waals surface area contributed by atoms with Gasteiger partial charge in [0.1, 0.15) is 9.84 Å². The summed E-state index contributed by atoms with van der Waals surface area (Å²) in [5, 5.41) is 3.20. The molecule has 36 heavy (non-hydrogen) atoms. The second-order valence-electron chi connectivity index (χ2n) is 7.94. The first-order valence-corrected chi connectivity index (χ1v) is 14.5. The molecule has 0 bridgehead atoms. The summed E-state index contributed by atoms with van der Waals surface area (Å²) in [5.74, 6) is -0.775. The molecule has 0 unspecified atom stereocenters. The summed E-state index contributed by atoms with van der Waals surface area (Å²) in [7, 11) is -7.22. The van der Waals surface area contributed by atoms with Crippen LogP contribution in [0, 0.1) is 0 Å². The van der Waals surface area contributed by atoms with E-state index < -0.39 is 25.8 Å². The highest BCUT2D eigenvalue weighted by molar-refractivity contribution is 7.91. The lowest BCUT2D eigenvalue weighted by molar-refractivity contribution is 0.102. The van der Waals surface area contributed by atoms with E-state index in [1.54, 1.807) is 24.4 Å². The Labute approximate surface area is 213 Å². The number of anilines is 1. The number of sulfonamides is 1. The number of hydrogen-bond donors (Lipinski definition) is 2. The third-order valence-electron chi connectivity index (χ3n) is 5.14. The Morgan fingerprint density at radius 3 is 2.33 bits per heavy atom. The van der Waals surface area contributed by atoms with Gasteiger partial charge in [-0.1, -0.05) is 23.7 Å². The zero-order chi connectivity index (χ0) is 25.9. The summed E-state index contributed by atoms with van der Waals surface area (Å²) in [4.78, 5) is 21.7. The van der Waals surface area contributed by atoms with Gasteiger partial charge in [-0.3, -0.25) is 9.78 Å². The van der Waals surface area contributed by atoms with E-state index in [0.29, 0.717) is 27.5 Å². The topological polar surface area (TPSA) is 135 Å². The minimum atomic E-state index is -3.91. The number of carbonyl (C=O) groups is 1. The fourth-order valence-electron chi connectivity index (χ4n) is 3.32. The Bertz CT molecular complexity index is 1660. The highest BCUT2D eigenvalue weighted by Gasteiger charge is 2.16. The quantitative estimate of drug-likeness (QED) is 0.346. The SMILES string of the molecule is CS(=O)(=O)CCNS(=O)(=O)c1ccc(C(=O)Nc2ccc(Cl)c(-c3cnc4ccccc4n3)c2)cc1. The maximum Gasteiger partial charge on any atom is 0.255 e. The van der Waals surface area contributed by atoms with Crippen molar-refractivity contribution in [2.75, 3.05) is 23.9 Å². The molecule has 0 radical (unpaired) electrons. The van der Waals surface area contributed by atoms with Crippen molar-refractivity contribution in [1.29, 1.82) is 0 Å². The molecule has 1 amide bonds. The summed E-state index contributed by atoms with van der Waals surface area (Å²) in [6.07, 6.45) is 2.63. The molecular formula is C24H21ClN4O5S2. The fraction of sp³-hybridized carbons (Fsp3) is 0.125. The van der Waals surface area contributed by atoms with Crippen molar-refractivity contribution >= 4 is 54.1 Å². The van der Waals surface area contributed by atoms with Gasteiger partial charge in [-0.15, -0.1) is 0 Å². The van der Waals surface area contributed by atoms with Gasteiger partial charge in [0.15, 0.2) is 0 Å². The van der Waals surface area contributed by atoms with Crippen LogP contribution in [0.5, 0.6) is 0 Å². The van der Waals surface area contributed by atoms with Crippen LogP contribution in [0.3, 0.4) is 0 Å². The molecule has 0 atom stereocenters. The van der Waals surface area contributed by atoms with Crippen LogP contribution in [-0.2, 0) is 19.9 Å². The minimum Gasteiger partial charge on any atom is -0.322 e. The molecule has 2 N–H and O–H groups in total. The molecule has 0 saturated heterocycles. The van der Waals surface area contributed by atoms with Gasteiger partial charge in [0.25, 0.3) is 5.91 Å². The number of nitrogens with one attached hydrogen (secondary N) is 2. The number of benzene rings is 3. The van der Waals surface area contributed by atoms with Crippen molar-refractivity contribution in [2.45, 2.75) is 4.90 Å². The molecule has 0 spiro atoms. The van der Waals surface area contributed by atoms with E-state index in [1.165, 1.54) is 24.3 Å². The highest BCUT2D eigenvalue weighted by atomic mass is 35.5. The number of fused-ring (bicyclic) bond motifs is 1. The molecule has 186 valence electrons. The predicted octanol–water partition coefficient (Wildman–Crippen LogP) is 3.53. The monoisotopic (exact) mass is 544 g/mol. The number of halogens is 1. The number of sulfone groups is 1. The number of amides is 1. The van der Waals surface area contributed by atoms with Gasteiger partial charge >= 0.3 is 0 Å². The van der Waals surface area contributed by atoms with Gasteiger partial charge in [-0.25, -0.2) is 26.5 Å². The normalized spacial score (nSPS) is 11.9. The lowest BCUT2D eigenvalue weighted by Gasteiger charge is -2.10. The van der Waals surface area contributed by atoms with Crippen LogP contribution >= 0.6 is 11.6 Å². The zero-order valence-electron chi connectivity index (χ0n) is 19.0. The first kappa shape index (κ1) is 25.7. The van der Waals surface area contributed by atoms with Gasteiger partial charge in [0.05, 0.1) is 38.6 Å². The van der Waals surface area contributed by atoms with Crippen molar-refractivity contribution in [3.8, 4) is 11.3 Å². The van der Waals surface area contributed by atoms with Crippen LogP contribution in [0.4, 0.5) is 5.69 Å². The third-order valence-corrected chi connectivity index (χ3v) is 7.89. The third kappa shape index (κ3) is 6.24. The van der Waals surface area contributed by atoms with Gasteiger partial charge in [0.2, 0.25) is 10.0 Å². The Kier molecular flexibility index (Phi) is 7.36. The Hall–Kier alpha value is -3.38. The van der Waals surface area contributed by atoms with Crippen molar-refractivity contribution in [3.05, 3.63) is 83.5 Å². The molecule has 1 heterocycles. The summed E-state index contributed by atoms with van der Waals surface area (Å²) >= 11 is 6.38. The summed E-state index contributed by atoms with van der Waals surface area (Å²) in [6.45, 7) is -0.246. The van der Waals surface area contributed by atoms with E-state index in [-0.39, 0.29) is 22.8 Å². The lowest BCUT2D eigenvalue weighted by atomic mass is 10.1. The second kappa shape index (κ2) is 10.3. The average molecular weight is 545 g/mol. The zero-order valence-corrected chi connectivity index (χ0v) is 21.4. The Morgan fingerprint density at radius 1 is 0.944 bits per heavy atom. The highest BCUT2D eigenvalue weighted by Crippen LogP contribution is 2.30. The molecule has 0 aliphatic rings. The largest absolute Gasteiger partial charge is 0.322 e. The fourth-order valence-corrected chi connectivity index (χ4v) is 5.17. The van der Waals surface area contributed by atoms with E-state index >= 15 is 0 Å². The molecule has 1 aromatic heterocycles. The number of nitrogens with zero attached hydrogens (tertiary/aromatic N) is 2. The van der Waals surface area contributed by atoms with Crippen molar-refractivity contribution in [3.63, 3.8) is 0 Å². The summed E-state index contributed by atoms with van der Waals surface area (Å²) in [5.41, 5.74) is 3.29. The second-order valence-corrected chi connectivity index (χ2v) is 12.4. The number of hydrogen-bond acceptors (Lipinski definition) is 7. The van der Waals surface area contributed by atoms with Crippen LogP contribution < -0.4 is 10.0 Å². The number of rotatable bonds is 8. The molecule has 0 saturated carbocycles. The van der Waals surface area contributed by atoms with E-state index in [1.807, 2.05) is 24.3 Å². The molecule has 0 aliphatic carbocycles. The molecule has 0 fully saturated rings. The molecule has 4 rings (SSSR count). The van der Waals surface area contributed by atoms with Crippen LogP contribution in [0.15, 0.2) is 77.8 Å². The predicted molar refractivity (Wildman–Crippen MR) is 139 cm³/mol. The van der Waals surface area contributed by atoms with Crippen LogP contribution in [0.25, 0.3) is 22.3 Å². The van der Waals surface area contributed by atoms with Crippen molar-refractivity contribution in [1.82, 2.24) is 14.7 Å². The van der Waals surface area contributed by atoms with E-state index in [9.17, 15) is 21.6 Å². The van der Waals surface area contributed by atoms with Gasteiger partial charge in [0, 0.05) is 29.6 Å². The number of para-hydroxylation sites is 2. The Balaban J connectivity index is 1.49. The van der Waals surface area contributed by atoms with Crippen LogP contribution in [-0.4, -0.2) is 51.3 Å². The van der Waals surface area contributed by atoms with Gasteiger partial charge in [-0.05, 0) is 54.6 Å². The average Bonchev–Trinajstić information content (AvgIpc) is 2.84. The summed E-state index contributed by atoms with van der Waals surface area (Å²) in [6, 6.07) is 17.7. The molecule has 3 aromatic carbocycles. The Morgan fingerprint density at radius 2 is 1.64 bits per heavy atom. The lowest BCUT2D eigenvalue weighted by Crippen LogP contribution is -2.29. The minimum absolute atomic E-state index is 0.0868. The number of aromatic nitrogens is 2. The van der Waals surface area contributed by atoms with Gasteiger partial charge < -0.3 is 5.32 Å². The van der Waals surface area contributed by atoms with Crippen LogP contribution in [0.2, 0.25) is 5.02 Å².